The van der Waals surface area contributed by atoms with Gasteiger partial charge in [-0.1, -0.05) is 23.2 Å². The van der Waals surface area contributed by atoms with Gasteiger partial charge in [0.1, 0.15) is 26.9 Å². The summed E-state index contributed by atoms with van der Waals surface area (Å²) >= 11 is 10.5. The van der Waals surface area contributed by atoms with E-state index in [4.69, 9.17) is 32.4 Å². The average molecular weight is 556 g/mol. The zero-order valence-corrected chi connectivity index (χ0v) is 20.8. The first kappa shape index (κ1) is 23.8. The van der Waals surface area contributed by atoms with Crippen LogP contribution in [0.15, 0.2) is 43.5 Å². The van der Waals surface area contributed by atoms with Crippen LogP contribution in [0.5, 0.6) is 11.5 Å². The lowest BCUT2D eigenvalue weighted by molar-refractivity contribution is 0.462. The van der Waals surface area contributed by atoms with E-state index < -0.39 is 26.1 Å². The summed E-state index contributed by atoms with van der Waals surface area (Å²) in [6, 6.07) is 5.90. The number of hydrogen-bond donors (Lipinski definition) is 3. The molecule has 35 heavy (non-hydrogen) atoms. The van der Waals surface area contributed by atoms with Gasteiger partial charge >= 0.3 is 10.1 Å². The number of benzene rings is 3. The van der Waals surface area contributed by atoms with Gasteiger partial charge < -0.3 is 24.3 Å². The van der Waals surface area contributed by atoms with Crippen molar-refractivity contribution in [3.63, 3.8) is 0 Å². The van der Waals surface area contributed by atoms with Crippen LogP contribution in [0.2, 0.25) is 10.0 Å². The normalized spacial score (nSPS) is 14.3. The standard InChI is InChI=1S/C20H14Cl2N4O7S2/c1-23-9-5-3-7-15(19(9)34(27)28)32-17-11(21)14-18(12(22)13(17)25-7)33-16-8(26-14)4-6-10(24-2)20(16)35(29,30)31/h3-6,23,25H,1-2H3,(H,27,28)(H,29,30,31)/p-1. The fourth-order valence-corrected chi connectivity index (χ4v) is 5.75. The average Bonchev–Trinajstić information content (AvgIpc) is 2.83. The van der Waals surface area contributed by atoms with E-state index in [2.05, 4.69) is 20.6 Å². The van der Waals surface area contributed by atoms with E-state index >= 15 is 0 Å². The second kappa shape index (κ2) is 8.33. The van der Waals surface area contributed by atoms with Crippen LogP contribution >= 0.6 is 23.2 Å². The first-order valence-electron chi connectivity index (χ1n) is 9.64. The van der Waals surface area contributed by atoms with Crippen molar-refractivity contribution >= 4 is 72.6 Å². The van der Waals surface area contributed by atoms with Gasteiger partial charge in [-0.05, 0) is 35.3 Å². The molecule has 5 rings (SSSR count). The summed E-state index contributed by atoms with van der Waals surface area (Å²) in [5.41, 5.74) is 0.696. The van der Waals surface area contributed by atoms with Crippen LogP contribution < -0.4 is 20.7 Å². The molecular weight excluding hydrogens is 543 g/mol. The minimum absolute atomic E-state index is 0.00409. The lowest BCUT2D eigenvalue weighted by Gasteiger charge is -2.27. The number of nitrogens with zero attached hydrogens (tertiary/aromatic N) is 2. The van der Waals surface area contributed by atoms with Crippen LogP contribution in [0, 0.1) is 0 Å². The first-order chi connectivity index (χ1) is 16.6. The van der Waals surface area contributed by atoms with Crippen LogP contribution in [0.1, 0.15) is 0 Å². The second-order valence-electron chi connectivity index (χ2n) is 7.22. The SMILES string of the molecule is CN=c1ccc2nc3c(Cl)c4c(c(Cl)c3oc-2c1S(=O)(=O)O)Nc1ccc(NC)c(S(=O)[O-])c1O4. The van der Waals surface area contributed by atoms with Gasteiger partial charge in [-0.3, -0.25) is 13.8 Å². The molecule has 1 atom stereocenters. The van der Waals surface area contributed by atoms with E-state index in [1.165, 1.54) is 25.2 Å². The summed E-state index contributed by atoms with van der Waals surface area (Å²) in [4.78, 5) is 7.54. The molecule has 3 aliphatic rings. The molecule has 0 saturated heterocycles. The molecule has 2 aromatic rings. The maximum atomic E-state index is 12.1. The molecule has 0 spiro atoms. The Morgan fingerprint density at radius 3 is 2.57 bits per heavy atom. The maximum Gasteiger partial charge on any atom is 0.300 e. The summed E-state index contributed by atoms with van der Waals surface area (Å²) in [7, 11) is -1.83. The van der Waals surface area contributed by atoms with Crippen molar-refractivity contribution in [1.82, 2.24) is 4.98 Å². The zero-order chi connectivity index (χ0) is 25.2. The Bertz CT molecular complexity index is 1740. The summed E-state index contributed by atoms with van der Waals surface area (Å²) in [6.45, 7) is 0. The molecule has 2 heterocycles. The highest BCUT2D eigenvalue weighted by Gasteiger charge is 2.32. The molecule has 0 radical (unpaired) electrons. The van der Waals surface area contributed by atoms with Gasteiger partial charge in [0.05, 0.1) is 21.6 Å². The molecule has 0 amide bonds. The van der Waals surface area contributed by atoms with E-state index in [1.807, 2.05) is 0 Å². The van der Waals surface area contributed by atoms with Crippen molar-refractivity contribution in [3.8, 4) is 23.0 Å². The molecule has 1 aliphatic carbocycles. The minimum Gasteiger partial charge on any atom is -0.768 e. The van der Waals surface area contributed by atoms with Gasteiger partial charge in [0.2, 0.25) is 0 Å². The molecule has 0 saturated carbocycles. The fourth-order valence-electron chi connectivity index (χ4n) is 3.77. The smallest absolute Gasteiger partial charge is 0.300 e. The van der Waals surface area contributed by atoms with E-state index in [0.717, 1.165) is 0 Å². The Morgan fingerprint density at radius 1 is 1.20 bits per heavy atom. The van der Waals surface area contributed by atoms with Crippen molar-refractivity contribution < 1.29 is 30.9 Å². The number of nitrogens with one attached hydrogen (secondary N) is 2. The van der Waals surface area contributed by atoms with E-state index in [-0.39, 0.29) is 65.7 Å². The summed E-state index contributed by atoms with van der Waals surface area (Å²) in [6.07, 6.45) is 0. The van der Waals surface area contributed by atoms with Gasteiger partial charge in [-0.15, -0.1) is 0 Å². The molecule has 15 heteroatoms. The van der Waals surface area contributed by atoms with Crippen LogP contribution in [0.4, 0.5) is 17.1 Å². The second-order valence-corrected chi connectivity index (χ2v) is 10.2. The van der Waals surface area contributed by atoms with Gasteiger partial charge in [-0.2, -0.15) is 8.42 Å². The highest BCUT2D eigenvalue weighted by molar-refractivity contribution is 7.86. The largest absolute Gasteiger partial charge is 0.768 e. The number of fused-ring (bicyclic) bond motifs is 4. The molecule has 182 valence electrons. The Balaban J connectivity index is 1.84. The predicted molar refractivity (Wildman–Crippen MR) is 128 cm³/mol. The summed E-state index contributed by atoms with van der Waals surface area (Å²) < 4.78 is 69.6. The third-order valence-corrected chi connectivity index (χ3v) is 7.65. The van der Waals surface area contributed by atoms with Crippen molar-refractivity contribution in [2.45, 2.75) is 9.79 Å². The predicted octanol–water partition coefficient (Wildman–Crippen LogP) is 4.15. The van der Waals surface area contributed by atoms with Gasteiger partial charge in [-0.25, -0.2) is 4.98 Å². The zero-order valence-electron chi connectivity index (χ0n) is 17.7. The Kier molecular flexibility index (Phi) is 5.66. The van der Waals surface area contributed by atoms with Crippen LogP contribution in [0.3, 0.4) is 0 Å². The van der Waals surface area contributed by atoms with Crippen LogP contribution in [-0.4, -0.2) is 40.8 Å². The molecule has 0 bridgehead atoms. The summed E-state index contributed by atoms with van der Waals surface area (Å²) in [5.74, 6) is -0.287. The van der Waals surface area contributed by atoms with Gasteiger partial charge in [0.15, 0.2) is 27.7 Å². The number of ether oxygens (including phenoxy) is 1. The quantitative estimate of drug-likeness (QED) is 0.167. The molecule has 2 aliphatic heterocycles. The molecule has 1 unspecified atom stereocenters. The van der Waals surface area contributed by atoms with E-state index in [9.17, 15) is 21.7 Å². The number of rotatable bonds is 3. The molecule has 3 N–H and O–H groups in total. The van der Waals surface area contributed by atoms with E-state index in [0.29, 0.717) is 5.69 Å². The van der Waals surface area contributed by atoms with Crippen molar-refractivity contribution in [1.29, 1.82) is 0 Å². The van der Waals surface area contributed by atoms with Crippen molar-refractivity contribution in [2.75, 3.05) is 24.7 Å². The first-order valence-corrected chi connectivity index (χ1v) is 12.9. The fraction of sp³-hybridized carbons (Fsp3) is 0.100. The lowest BCUT2D eigenvalue weighted by Crippen LogP contribution is -2.17. The number of aromatic nitrogens is 1. The lowest BCUT2D eigenvalue weighted by atomic mass is 10.1. The van der Waals surface area contributed by atoms with Gasteiger partial charge in [0.25, 0.3) is 0 Å². The summed E-state index contributed by atoms with van der Waals surface area (Å²) in [5, 5.41) is 5.60. The van der Waals surface area contributed by atoms with Crippen molar-refractivity contribution in [3.05, 3.63) is 39.7 Å². The molecular formula is C20H13Cl2N4O7S2-. The number of halogens is 2. The Morgan fingerprint density at radius 2 is 1.94 bits per heavy atom. The highest BCUT2D eigenvalue weighted by Crippen LogP contribution is 2.54. The topological polar surface area (TPSA) is 166 Å². The number of hydrogen-bond acceptors (Lipinski definition) is 10. The Hall–Kier alpha value is -2.94. The van der Waals surface area contributed by atoms with Crippen molar-refractivity contribution in [2.24, 2.45) is 4.99 Å². The number of anilines is 3. The van der Waals surface area contributed by atoms with Gasteiger partial charge in [0, 0.05) is 14.1 Å². The molecule has 0 fully saturated rings. The molecule has 2 aromatic carbocycles. The monoisotopic (exact) mass is 555 g/mol. The molecule has 0 aromatic heterocycles. The van der Waals surface area contributed by atoms with E-state index in [1.54, 1.807) is 13.1 Å². The van der Waals surface area contributed by atoms with Crippen LogP contribution in [0.25, 0.3) is 22.6 Å². The third-order valence-electron chi connectivity index (χ3n) is 5.29. The third kappa shape index (κ3) is 3.63. The molecule has 11 nitrogen and oxygen atoms in total. The minimum atomic E-state index is -4.75. The Labute approximate surface area is 210 Å². The maximum absolute atomic E-state index is 12.1. The highest BCUT2D eigenvalue weighted by atomic mass is 35.5. The van der Waals surface area contributed by atoms with Crippen LogP contribution in [-0.2, 0) is 21.2 Å².